The van der Waals surface area contributed by atoms with Crippen molar-refractivity contribution in [2.24, 2.45) is 0 Å². The van der Waals surface area contributed by atoms with Crippen molar-refractivity contribution in [3.63, 3.8) is 0 Å². The van der Waals surface area contributed by atoms with Crippen molar-refractivity contribution in [3.05, 3.63) is 29.0 Å². The number of pyridine rings is 1. The van der Waals surface area contributed by atoms with Crippen LogP contribution in [0.2, 0.25) is 0 Å². The summed E-state index contributed by atoms with van der Waals surface area (Å²) in [6.07, 6.45) is 14.7. The number of hydrogen-bond acceptors (Lipinski definition) is 2. The second kappa shape index (κ2) is 15.4. The van der Waals surface area contributed by atoms with Gasteiger partial charge in [-0.25, -0.2) is 0 Å². The number of rotatable bonds is 11. The Labute approximate surface area is 164 Å². The third-order valence-electron chi connectivity index (χ3n) is 4.18. The molecule has 0 saturated carbocycles. The van der Waals surface area contributed by atoms with Gasteiger partial charge in [-0.2, -0.15) is 0 Å². The van der Waals surface area contributed by atoms with Crippen LogP contribution in [-0.4, -0.2) is 10.5 Å². The summed E-state index contributed by atoms with van der Waals surface area (Å²) < 4.78 is 2.16. The summed E-state index contributed by atoms with van der Waals surface area (Å²) in [6, 6.07) is 5.49. The SMILES string of the molecule is CCCCCC#CC#CCCCCCCCCC(=O)n1ccccc1=S. The molecule has 1 rings (SSSR count). The number of aromatic nitrogens is 1. The lowest BCUT2D eigenvalue weighted by Crippen LogP contribution is -2.10. The van der Waals surface area contributed by atoms with Crippen molar-refractivity contribution < 1.29 is 4.79 Å². The summed E-state index contributed by atoms with van der Waals surface area (Å²) >= 11 is 5.16. The maximum Gasteiger partial charge on any atom is 0.231 e. The minimum atomic E-state index is 0.0988. The molecule has 1 heterocycles. The minimum absolute atomic E-state index is 0.0988. The third kappa shape index (κ3) is 10.9. The molecule has 140 valence electrons. The zero-order valence-electron chi connectivity index (χ0n) is 16.1. The monoisotopic (exact) mass is 369 g/mol. The van der Waals surface area contributed by atoms with E-state index < -0.39 is 0 Å². The van der Waals surface area contributed by atoms with Gasteiger partial charge in [-0.1, -0.05) is 75.6 Å². The van der Waals surface area contributed by atoms with Crippen molar-refractivity contribution in [2.75, 3.05) is 0 Å². The molecule has 0 radical (unpaired) electrons. The Balaban J connectivity index is 1.98. The van der Waals surface area contributed by atoms with E-state index in [1.54, 1.807) is 16.8 Å². The van der Waals surface area contributed by atoms with Gasteiger partial charge >= 0.3 is 0 Å². The van der Waals surface area contributed by atoms with E-state index in [0.29, 0.717) is 11.1 Å². The molecule has 0 amide bonds. The topological polar surface area (TPSA) is 22.0 Å². The molecule has 0 bridgehead atoms. The molecule has 0 fully saturated rings. The summed E-state index contributed by atoms with van der Waals surface area (Å²) in [6.45, 7) is 2.20. The minimum Gasteiger partial charge on any atom is -0.278 e. The van der Waals surface area contributed by atoms with Crippen LogP contribution in [0, 0.1) is 28.3 Å². The molecule has 0 aliphatic heterocycles. The predicted octanol–water partition coefficient (Wildman–Crippen LogP) is 6.57. The van der Waals surface area contributed by atoms with Crippen LogP contribution >= 0.6 is 12.2 Å². The first-order valence-electron chi connectivity index (χ1n) is 9.92. The number of carbonyl (C=O) groups excluding carboxylic acids is 1. The first-order chi connectivity index (χ1) is 12.8. The molecular formula is C23H31NOS. The van der Waals surface area contributed by atoms with Gasteiger partial charge in [0, 0.05) is 25.5 Å². The van der Waals surface area contributed by atoms with Crippen molar-refractivity contribution in [3.8, 4) is 23.7 Å². The van der Waals surface area contributed by atoms with Gasteiger partial charge in [0.05, 0.1) is 0 Å². The van der Waals surface area contributed by atoms with E-state index in [0.717, 1.165) is 32.1 Å². The molecule has 0 aromatic carbocycles. The highest BCUT2D eigenvalue weighted by atomic mass is 32.1. The Bertz CT molecular complexity index is 696. The second-order valence-electron chi connectivity index (χ2n) is 6.48. The smallest absolute Gasteiger partial charge is 0.231 e. The highest BCUT2D eigenvalue weighted by Crippen LogP contribution is 2.09. The summed E-state index contributed by atoms with van der Waals surface area (Å²) in [5.74, 6) is 12.2. The number of hydrogen-bond donors (Lipinski definition) is 0. The molecule has 26 heavy (non-hydrogen) atoms. The number of nitrogens with zero attached hydrogens (tertiary/aromatic N) is 1. The summed E-state index contributed by atoms with van der Waals surface area (Å²) in [4.78, 5) is 12.1. The zero-order chi connectivity index (χ0) is 18.9. The zero-order valence-corrected chi connectivity index (χ0v) is 16.9. The molecule has 0 spiro atoms. The molecule has 1 aromatic heterocycles. The van der Waals surface area contributed by atoms with E-state index >= 15 is 0 Å². The number of carbonyl (C=O) groups is 1. The Morgan fingerprint density at radius 1 is 0.923 bits per heavy atom. The lowest BCUT2D eigenvalue weighted by Gasteiger charge is -2.05. The predicted molar refractivity (Wildman–Crippen MR) is 113 cm³/mol. The average Bonchev–Trinajstić information content (AvgIpc) is 2.65. The van der Waals surface area contributed by atoms with Gasteiger partial charge < -0.3 is 0 Å². The van der Waals surface area contributed by atoms with Crippen LogP contribution < -0.4 is 0 Å². The molecule has 2 nitrogen and oxygen atoms in total. The first-order valence-corrected chi connectivity index (χ1v) is 10.3. The molecule has 0 aliphatic rings. The number of unbranched alkanes of at least 4 members (excludes halogenated alkanes) is 9. The van der Waals surface area contributed by atoms with E-state index in [9.17, 15) is 4.79 Å². The molecule has 3 heteroatoms. The summed E-state index contributed by atoms with van der Waals surface area (Å²) in [5, 5.41) is 0. The fourth-order valence-corrected chi connectivity index (χ4v) is 2.87. The molecule has 0 N–H and O–H groups in total. The van der Waals surface area contributed by atoms with Gasteiger partial charge in [0.15, 0.2) is 0 Å². The van der Waals surface area contributed by atoms with Crippen molar-refractivity contribution in [2.45, 2.75) is 84.0 Å². The summed E-state index contributed by atoms with van der Waals surface area (Å²) in [5.41, 5.74) is 0. The first kappa shape index (κ1) is 22.2. The maximum atomic E-state index is 12.1. The Morgan fingerprint density at radius 2 is 1.54 bits per heavy atom. The lowest BCUT2D eigenvalue weighted by molar-refractivity contribution is 0.0896. The van der Waals surface area contributed by atoms with Crippen LogP contribution in [0.15, 0.2) is 24.4 Å². The molecule has 0 unspecified atom stereocenters. The van der Waals surface area contributed by atoms with E-state index in [1.807, 2.05) is 12.1 Å². The van der Waals surface area contributed by atoms with Crippen LogP contribution in [-0.2, 0) is 0 Å². The van der Waals surface area contributed by atoms with Crippen LogP contribution in [0.4, 0.5) is 0 Å². The Kier molecular flexibility index (Phi) is 13.2. The third-order valence-corrected chi connectivity index (χ3v) is 4.51. The molecule has 0 atom stereocenters. The van der Waals surface area contributed by atoms with Gasteiger partial charge in [0.25, 0.3) is 0 Å². The Hall–Kier alpha value is -1.84. The van der Waals surface area contributed by atoms with Crippen LogP contribution in [0.3, 0.4) is 0 Å². The van der Waals surface area contributed by atoms with Crippen molar-refractivity contribution in [1.82, 2.24) is 4.57 Å². The molecular weight excluding hydrogens is 338 g/mol. The van der Waals surface area contributed by atoms with Gasteiger partial charge in [-0.05, 0) is 43.2 Å². The van der Waals surface area contributed by atoms with Crippen LogP contribution in [0.25, 0.3) is 0 Å². The molecule has 1 aromatic rings. The van der Waals surface area contributed by atoms with Crippen LogP contribution in [0.5, 0.6) is 0 Å². The second-order valence-corrected chi connectivity index (χ2v) is 6.90. The quantitative estimate of drug-likeness (QED) is 0.250. The van der Waals surface area contributed by atoms with Crippen molar-refractivity contribution in [1.29, 1.82) is 0 Å². The van der Waals surface area contributed by atoms with E-state index in [1.165, 1.54) is 38.5 Å². The average molecular weight is 370 g/mol. The summed E-state index contributed by atoms with van der Waals surface area (Å²) in [7, 11) is 0. The molecule has 0 aliphatic carbocycles. The lowest BCUT2D eigenvalue weighted by atomic mass is 10.1. The normalized spacial score (nSPS) is 9.73. The van der Waals surface area contributed by atoms with Crippen molar-refractivity contribution >= 4 is 18.1 Å². The maximum absolute atomic E-state index is 12.1. The highest BCUT2D eigenvalue weighted by molar-refractivity contribution is 7.71. The highest BCUT2D eigenvalue weighted by Gasteiger charge is 2.03. The standard InChI is InChI=1S/C23H31NOS/c1-2-3-4-5-6-7-8-9-10-11-12-13-14-15-16-19-22(25)24-21-18-17-20-23(24)26/h17-18,20-21H,2-5,10-16,19H2,1H3. The van der Waals surface area contributed by atoms with Gasteiger partial charge in [0.1, 0.15) is 4.64 Å². The van der Waals surface area contributed by atoms with E-state index in [4.69, 9.17) is 12.2 Å². The van der Waals surface area contributed by atoms with E-state index in [-0.39, 0.29) is 5.91 Å². The van der Waals surface area contributed by atoms with E-state index in [2.05, 4.69) is 30.6 Å². The fraction of sp³-hybridized carbons (Fsp3) is 0.565. The van der Waals surface area contributed by atoms with Gasteiger partial charge in [0.2, 0.25) is 5.91 Å². The largest absolute Gasteiger partial charge is 0.278 e. The molecule has 0 saturated heterocycles. The van der Waals surface area contributed by atoms with Crippen LogP contribution in [0.1, 0.15) is 88.8 Å². The van der Waals surface area contributed by atoms with Gasteiger partial charge in [-0.3, -0.25) is 9.36 Å². The van der Waals surface area contributed by atoms with Gasteiger partial charge in [-0.15, -0.1) is 0 Å². The Morgan fingerprint density at radius 3 is 2.19 bits per heavy atom. The fourth-order valence-electron chi connectivity index (χ4n) is 2.63.